The summed E-state index contributed by atoms with van der Waals surface area (Å²) in [5.41, 5.74) is -0.0733. The average molecular weight is 429 g/mol. The van der Waals surface area contributed by atoms with Gasteiger partial charge in [-0.3, -0.25) is 10.4 Å². The number of urea groups is 1. The van der Waals surface area contributed by atoms with Crippen molar-refractivity contribution in [2.24, 2.45) is 0 Å². The molecule has 0 saturated carbocycles. The Labute approximate surface area is 174 Å². The molecule has 2 amide bonds. The van der Waals surface area contributed by atoms with E-state index in [1.165, 1.54) is 12.5 Å². The summed E-state index contributed by atoms with van der Waals surface area (Å²) in [6, 6.07) is 2.64. The van der Waals surface area contributed by atoms with Crippen molar-refractivity contribution in [1.29, 1.82) is 0 Å². The second-order valence-electron chi connectivity index (χ2n) is 7.59. The molecule has 12 heteroatoms. The summed E-state index contributed by atoms with van der Waals surface area (Å²) in [7, 11) is 0. The molecular weight excluding hydrogens is 412 g/mol. The van der Waals surface area contributed by atoms with Gasteiger partial charge in [0.25, 0.3) is 0 Å². The quantitative estimate of drug-likeness (QED) is 0.439. The normalized spacial score (nSPS) is 11.5. The summed E-state index contributed by atoms with van der Waals surface area (Å²) in [5, 5.41) is 15.2. The molecule has 3 N–H and O–H groups in total. The van der Waals surface area contributed by atoms with Crippen molar-refractivity contribution >= 4 is 28.6 Å². The van der Waals surface area contributed by atoms with E-state index in [0.717, 1.165) is 12.1 Å². The molecule has 0 aliphatic heterocycles. The lowest BCUT2D eigenvalue weighted by Gasteiger charge is -2.12. The number of benzene rings is 1. The van der Waals surface area contributed by atoms with Gasteiger partial charge in [0, 0.05) is 29.3 Å². The van der Waals surface area contributed by atoms with Crippen LogP contribution in [0.3, 0.4) is 0 Å². The minimum atomic E-state index is -1.04. The molecule has 0 unspecified atom stereocenters. The van der Waals surface area contributed by atoms with Gasteiger partial charge in [0.05, 0.1) is 6.20 Å². The third-order valence-electron chi connectivity index (χ3n) is 4.16. The van der Waals surface area contributed by atoms with Crippen LogP contribution in [0.15, 0.2) is 35.2 Å². The maximum absolute atomic E-state index is 14.5. The second-order valence-corrected chi connectivity index (χ2v) is 7.59. The van der Waals surface area contributed by atoms with Crippen molar-refractivity contribution in [3.05, 3.63) is 48.1 Å². The molecule has 10 nitrogen and oxygen atoms in total. The number of amides is 2. The molecule has 160 valence electrons. The van der Waals surface area contributed by atoms with E-state index in [1.807, 2.05) is 20.8 Å². The van der Waals surface area contributed by atoms with Gasteiger partial charge >= 0.3 is 6.03 Å². The molecule has 0 atom stereocenters. The maximum atomic E-state index is 14.5. The van der Waals surface area contributed by atoms with Crippen molar-refractivity contribution in [1.82, 2.24) is 25.3 Å². The number of carbonyl (C=O) groups is 1. The van der Waals surface area contributed by atoms with E-state index < -0.39 is 23.4 Å². The van der Waals surface area contributed by atoms with Crippen LogP contribution in [0.2, 0.25) is 0 Å². The fourth-order valence-corrected chi connectivity index (χ4v) is 2.62. The number of H-pyrrole nitrogens is 1. The monoisotopic (exact) mass is 429 g/mol. The predicted octanol–water partition coefficient (Wildman–Crippen LogP) is 4.35. The summed E-state index contributed by atoms with van der Waals surface area (Å²) in [4.78, 5) is 19.9. The Morgan fingerprint density at radius 3 is 2.55 bits per heavy atom. The van der Waals surface area contributed by atoms with Gasteiger partial charge in [0.15, 0.2) is 23.1 Å². The van der Waals surface area contributed by atoms with Crippen LogP contribution in [0, 0.1) is 11.6 Å². The average Bonchev–Trinajstić information content (AvgIpc) is 3.34. The Morgan fingerprint density at radius 1 is 1.13 bits per heavy atom. The molecule has 3 aromatic heterocycles. The Kier molecular flexibility index (Phi) is 4.97. The molecule has 3 heterocycles. The molecule has 0 bridgehead atoms. The molecule has 1 aromatic carbocycles. The standard InChI is InChI=1S/C19H17F2N7O3/c1-19(2,3)13-6-14(28-31-13)26-18(29)25-9-4-11(20)15(12(21)5-9)30-17-10-7-24-27-16(10)22-8-23-17/h4-8H,1-3H3,(H,22,23,24,27)(H2,25,26,28,29). The Balaban J connectivity index is 1.48. The van der Waals surface area contributed by atoms with E-state index in [2.05, 4.69) is 36.0 Å². The van der Waals surface area contributed by atoms with Crippen LogP contribution < -0.4 is 15.4 Å². The smallest absolute Gasteiger partial charge is 0.324 e. The highest BCUT2D eigenvalue weighted by Gasteiger charge is 2.21. The van der Waals surface area contributed by atoms with Crippen molar-refractivity contribution in [2.75, 3.05) is 10.6 Å². The lowest BCUT2D eigenvalue weighted by atomic mass is 9.93. The molecule has 4 aromatic rings. The number of ether oxygens (including phenoxy) is 1. The number of anilines is 2. The van der Waals surface area contributed by atoms with Gasteiger partial charge in [-0.15, -0.1) is 0 Å². The van der Waals surface area contributed by atoms with Gasteiger partial charge in [-0.1, -0.05) is 25.9 Å². The van der Waals surface area contributed by atoms with Crippen LogP contribution in [-0.2, 0) is 5.41 Å². The van der Waals surface area contributed by atoms with Gasteiger partial charge in [0.2, 0.25) is 11.6 Å². The van der Waals surface area contributed by atoms with E-state index in [-0.39, 0.29) is 22.8 Å². The van der Waals surface area contributed by atoms with Gasteiger partial charge in [0.1, 0.15) is 17.5 Å². The zero-order chi connectivity index (χ0) is 22.2. The molecule has 0 spiro atoms. The zero-order valence-corrected chi connectivity index (χ0v) is 16.7. The molecule has 4 rings (SSSR count). The van der Waals surface area contributed by atoms with Crippen molar-refractivity contribution in [3.63, 3.8) is 0 Å². The third-order valence-corrected chi connectivity index (χ3v) is 4.16. The van der Waals surface area contributed by atoms with E-state index in [1.54, 1.807) is 6.07 Å². The summed E-state index contributed by atoms with van der Waals surface area (Å²) in [6.45, 7) is 5.77. The van der Waals surface area contributed by atoms with Gasteiger partial charge in [-0.05, 0) is 0 Å². The van der Waals surface area contributed by atoms with E-state index >= 15 is 0 Å². The molecule has 0 saturated heterocycles. The van der Waals surface area contributed by atoms with E-state index in [4.69, 9.17) is 9.26 Å². The summed E-state index contributed by atoms with van der Waals surface area (Å²) < 4.78 is 39.5. The van der Waals surface area contributed by atoms with Crippen LogP contribution >= 0.6 is 0 Å². The lowest BCUT2D eigenvalue weighted by molar-refractivity contribution is 0.262. The molecule has 31 heavy (non-hydrogen) atoms. The number of hydrogen-bond acceptors (Lipinski definition) is 7. The minimum absolute atomic E-state index is 0.0734. The third kappa shape index (κ3) is 4.27. The summed E-state index contributed by atoms with van der Waals surface area (Å²) in [6.07, 6.45) is 2.54. The Morgan fingerprint density at radius 2 is 1.87 bits per heavy atom. The summed E-state index contributed by atoms with van der Waals surface area (Å²) >= 11 is 0. The van der Waals surface area contributed by atoms with Gasteiger partial charge in [-0.2, -0.15) is 5.10 Å². The number of aromatic amines is 1. The maximum Gasteiger partial charge on any atom is 0.324 e. The fraction of sp³-hybridized carbons (Fsp3) is 0.211. The fourth-order valence-electron chi connectivity index (χ4n) is 2.62. The number of rotatable bonds is 4. The molecular formula is C19H17F2N7O3. The lowest BCUT2D eigenvalue weighted by Crippen LogP contribution is -2.20. The number of halogens is 2. The highest BCUT2D eigenvalue weighted by molar-refractivity contribution is 5.99. The molecule has 0 aliphatic carbocycles. The SMILES string of the molecule is CC(C)(C)c1cc(NC(=O)Nc2cc(F)c(Oc3ncnc4[nH]ncc34)c(F)c2)no1. The molecule has 0 aliphatic rings. The van der Waals surface area contributed by atoms with Crippen LogP contribution in [-0.4, -0.2) is 31.4 Å². The first-order valence-corrected chi connectivity index (χ1v) is 9.07. The number of nitrogens with zero attached hydrogens (tertiary/aromatic N) is 4. The van der Waals surface area contributed by atoms with Crippen molar-refractivity contribution in [2.45, 2.75) is 26.2 Å². The topological polar surface area (TPSA) is 131 Å². The van der Waals surface area contributed by atoms with Crippen LogP contribution in [0.4, 0.5) is 25.1 Å². The van der Waals surface area contributed by atoms with E-state index in [0.29, 0.717) is 16.8 Å². The number of carbonyl (C=O) groups excluding carboxylic acids is 1. The molecule has 0 radical (unpaired) electrons. The number of hydrogen-bond donors (Lipinski definition) is 3. The Bertz CT molecular complexity index is 1240. The van der Waals surface area contributed by atoms with Crippen molar-refractivity contribution in [3.8, 4) is 11.6 Å². The largest absolute Gasteiger partial charge is 0.432 e. The highest BCUT2D eigenvalue weighted by atomic mass is 19.1. The first-order valence-electron chi connectivity index (χ1n) is 9.07. The summed E-state index contributed by atoms with van der Waals surface area (Å²) in [5.74, 6) is -2.10. The van der Waals surface area contributed by atoms with Crippen LogP contribution in [0.1, 0.15) is 26.5 Å². The first kappa shape index (κ1) is 20.2. The number of fused-ring (bicyclic) bond motifs is 1. The van der Waals surface area contributed by atoms with Crippen LogP contribution in [0.5, 0.6) is 11.6 Å². The second kappa shape index (κ2) is 7.63. The number of nitrogens with one attached hydrogen (secondary N) is 3. The predicted molar refractivity (Wildman–Crippen MR) is 106 cm³/mol. The molecule has 0 fully saturated rings. The highest BCUT2D eigenvalue weighted by Crippen LogP contribution is 2.32. The first-order chi connectivity index (χ1) is 14.7. The van der Waals surface area contributed by atoms with E-state index in [9.17, 15) is 13.6 Å². The van der Waals surface area contributed by atoms with Crippen LogP contribution in [0.25, 0.3) is 11.0 Å². The minimum Gasteiger partial charge on any atom is -0.432 e. The van der Waals surface area contributed by atoms with Crippen molar-refractivity contribution < 1.29 is 22.8 Å². The Hall–Kier alpha value is -4.09. The zero-order valence-electron chi connectivity index (χ0n) is 16.7. The van der Waals surface area contributed by atoms with Gasteiger partial charge in [-0.25, -0.2) is 23.5 Å². The van der Waals surface area contributed by atoms with Gasteiger partial charge < -0.3 is 14.6 Å². The number of aromatic nitrogens is 5.